The van der Waals surface area contributed by atoms with Crippen LogP contribution in [0.4, 0.5) is 0 Å². The average Bonchev–Trinajstić information content (AvgIpc) is 2.47. The van der Waals surface area contributed by atoms with Crippen LogP contribution in [0.15, 0.2) is 30.3 Å². The number of nitrogens with one attached hydrogen (secondary N) is 1. The summed E-state index contributed by atoms with van der Waals surface area (Å²) in [6, 6.07) is 9.28. The van der Waals surface area contributed by atoms with Gasteiger partial charge in [0.15, 0.2) is 0 Å². The summed E-state index contributed by atoms with van der Waals surface area (Å²) in [6.07, 6.45) is 0.532. The number of rotatable bonds is 6. The molecule has 0 spiro atoms. The Hall–Kier alpha value is -1.88. The van der Waals surface area contributed by atoms with Gasteiger partial charge < -0.3 is 15.0 Å². The van der Waals surface area contributed by atoms with E-state index in [1.165, 1.54) is 0 Å². The quantitative estimate of drug-likeness (QED) is 0.774. The van der Waals surface area contributed by atoms with Gasteiger partial charge in [-0.1, -0.05) is 30.3 Å². The second-order valence-corrected chi connectivity index (χ2v) is 4.71. The van der Waals surface area contributed by atoms with Gasteiger partial charge in [0.1, 0.15) is 6.04 Å². The summed E-state index contributed by atoms with van der Waals surface area (Å²) in [7, 11) is 0. The Morgan fingerprint density at radius 2 is 2.05 bits per heavy atom. The van der Waals surface area contributed by atoms with Crippen molar-refractivity contribution in [2.45, 2.75) is 19.4 Å². The van der Waals surface area contributed by atoms with Crippen molar-refractivity contribution in [3.8, 4) is 0 Å². The largest absolute Gasteiger partial charge is 0.380 e. The van der Waals surface area contributed by atoms with Gasteiger partial charge in [0.05, 0.1) is 13.2 Å². The van der Waals surface area contributed by atoms with Gasteiger partial charge in [-0.3, -0.25) is 9.59 Å². The van der Waals surface area contributed by atoms with Crippen LogP contribution >= 0.6 is 0 Å². The predicted octanol–water partition coefficient (Wildman–Crippen LogP) is 0.593. The Morgan fingerprint density at radius 3 is 2.75 bits per heavy atom. The Bertz CT molecular complexity index is 461. The number of hydrogen-bond acceptors (Lipinski definition) is 3. The van der Waals surface area contributed by atoms with E-state index in [-0.39, 0.29) is 18.4 Å². The van der Waals surface area contributed by atoms with Crippen LogP contribution in [0.2, 0.25) is 0 Å². The number of benzene rings is 1. The molecule has 1 N–H and O–H groups in total. The van der Waals surface area contributed by atoms with E-state index in [9.17, 15) is 9.59 Å². The van der Waals surface area contributed by atoms with Crippen molar-refractivity contribution in [3.63, 3.8) is 0 Å². The van der Waals surface area contributed by atoms with Gasteiger partial charge >= 0.3 is 0 Å². The summed E-state index contributed by atoms with van der Waals surface area (Å²) in [4.78, 5) is 25.7. The molecule has 1 aromatic carbocycles. The second-order valence-electron chi connectivity index (χ2n) is 4.71. The standard InChI is InChI=1S/C15H20N2O3/c1-2-20-9-8-17-13(15(19)16-11-14(17)18)10-12-6-4-3-5-7-12/h3-7,13H,2,8-11H2,1H3,(H,16,19). The Morgan fingerprint density at radius 1 is 1.30 bits per heavy atom. The minimum Gasteiger partial charge on any atom is -0.380 e. The molecule has 0 radical (unpaired) electrons. The normalized spacial score (nSPS) is 19.1. The molecule has 1 aliphatic rings. The zero-order valence-electron chi connectivity index (χ0n) is 11.7. The number of amides is 2. The molecule has 0 saturated carbocycles. The predicted molar refractivity (Wildman–Crippen MR) is 75.1 cm³/mol. The average molecular weight is 276 g/mol. The third-order valence-corrected chi connectivity index (χ3v) is 3.37. The van der Waals surface area contributed by atoms with E-state index in [1.807, 2.05) is 37.3 Å². The van der Waals surface area contributed by atoms with Crippen LogP contribution in [0, 0.1) is 0 Å². The molecular formula is C15H20N2O3. The van der Waals surface area contributed by atoms with E-state index in [2.05, 4.69) is 5.32 Å². The Labute approximate surface area is 118 Å². The van der Waals surface area contributed by atoms with Crippen molar-refractivity contribution >= 4 is 11.8 Å². The van der Waals surface area contributed by atoms with Crippen LogP contribution in [0.5, 0.6) is 0 Å². The van der Waals surface area contributed by atoms with Crippen molar-refractivity contribution < 1.29 is 14.3 Å². The van der Waals surface area contributed by atoms with Crippen LogP contribution in [-0.2, 0) is 20.7 Å². The SMILES string of the molecule is CCOCCN1C(=O)CNC(=O)C1Cc1ccccc1. The number of ether oxygens (including phenoxy) is 1. The van der Waals surface area contributed by atoms with Crippen molar-refractivity contribution in [3.05, 3.63) is 35.9 Å². The van der Waals surface area contributed by atoms with Gasteiger partial charge in [0.2, 0.25) is 11.8 Å². The lowest BCUT2D eigenvalue weighted by Crippen LogP contribution is -2.59. The minimum atomic E-state index is -0.445. The van der Waals surface area contributed by atoms with Crippen LogP contribution < -0.4 is 5.32 Å². The molecule has 5 nitrogen and oxygen atoms in total. The van der Waals surface area contributed by atoms with E-state index in [0.717, 1.165) is 5.56 Å². The number of piperazine rings is 1. The molecule has 1 saturated heterocycles. The summed E-state index contributed by atoms with van der Waals surface area (Å²) < 4.78 is 5.29. The molecule has 20 heavy (non-hydrogen) atoms. The third kappa shape index (κ3) is 3.57. The first kappa shape index (κ1) is 14.5. The molecule has 0 aromatic heterocycles. The molecule has 5 heteroatoms. The first-order valence-corrected chi connectivity index (χ1v) is 6.91. The molecule has 1 heterocycles. The number of carbonyl (C=O) groups is 2. The van der Waals surface area contributed by atoms with E-state index in [0.29, 0.717) is 26.2 Å². The fourth-order valence-electron chi connectivity index (χ4n) is 2.33. The van der Waals surface area contributed by atoms with Crippen LogP contribution in [0.3, 0.4) is 0 Å². The van der Waals surface area contributed by atoms with Gasteiger partial charge in [0, 0.05) is 19.6 Å². The molecular weight excluding hydrogens is 256 g/mol. The van der Waals surface area contributed by atoms with E-state index < -0.39 is 6.04 Å². The summed E-state index contributed by atoms with van der Waals surface area (Å²) >= 11 is 0. The third-order valence-electron chi connectivity index (χ3n) is 3.37. The number of hydrogen-bond donors (Lipinski definition) is 1. The highest BCUT2D eigenvalue weighted by Gasteiger charge is 2.33. The molecule has 1 unspecified atom stereocenters. The number of nitrogens with zero attached hydrogens (tertiary/aromatic N) is 1. The molecule has 2 rings (SSSR count). The van der Waals surface area contributed by atoms with Gasteiger partial charge in [-0.15, -0.1) is 0 Å². The molecule has 1 fully saturated rings. The molecule has 1 aromatic rings. The van der Waals surface area contributed by atoms with Crippen LogP contribution in [0.25, 0.3) is 0 Å². The summed E-state index contributed by atoms with van der Waals surface area (Å²) in [5, 5.41) is 2.65. The molecule has 108 valence electrons. The lowest BCUT2D eigenvalue weighted by molar-refractivity contribution is -0.146. The van der Waals surface area contributed by atoms with Gasteiger partial charge in [0.25, 0.3) is 0 Å². The van der Waals surface area contributed by atoms with Gasteiger partial charge in [-0.2, -0.15) is 0 Å². The number of carbonyl (C=O) groups excluding carboxylic acids is 2. The highest BCUT2D eigenvalue weighted by molar-refractivity contribution is 5.95. The zero-order chi connectivity index (χ0) is 14.4. The van der Waals surface area contributed by atoms with Crippen LogP contribution in [0.1, 0.15) is 12.5 Å². The summed E-state index contributed by atoms with van der Waals surface area (Å²) in [5.74, 6) is -0.143. The maximum atomic E-state index is 12.0. The lowest BCUT2D eigenvalue weighted by atomic mass is 10.0. The second kappa shape index (κ2) is 7.05. The fraction of sp³-hybridized carbons (Fsp3) is 0.467. The van der Waals surface area contributed by atoms with E-state index in [4.69, 9.17) is 4.74 Å². The first-order valence-electron chi connectivity index (χ1n) is 6.91. The molecule has 0 bridgehead atoms. The molecule has 0 aliphatic carbocycles. The van der Waals surface area contributed by atoms with Gasteiger partial charge in [-0.05, 0) is 12.5 Å². The van der Waals surface area contributed by atoms with Gasteiger partial charge in [-0.25, -0.2) is 0 Å². The van der Waals surface area contributed by atoms with E-state index in [1.54, 1.807) is 4.90 Å². The highest BCUT2D eigenvalue weighted by Crippen LogP contribution is 2.12. The smallest absolute Gasteiger partial charge is 0.243 e. The lowest BCUT2D eigenvalue weighted by Gasteiger charge is -2.35. The molecule has 1 aliphatic heterocycles. The molecule has 1 atom stereocenters. The summed E-state index contributed by atoms with van der Waals surface area (Å²) in [6.45, 7) is 3.51. The zero-order valence-corrected chi connectivity index (χ0v) is 11.7. The summed E-state index contributed by atoms with van der Waals surface area (Å²) in [5.41, 5.74) is 1.05. The van der Waals surface area contributed by atoms with Crippen molar-refractivity contribution in [2.75, 3.05) is 26.3 Å². The Balaban J connectivity index is 2.07. The topological polar surface area (TPSA) is 58.6 Å². The van der Waals surface area contributed by atoms with E-state index >= 15 is 0 Å². The molecule has 2 amide bonds. The monoisotopic (exact) mass is 276 g/mol. The highest BCUT2D eigenvalue weighted by atomic mass is 16.5. The van der Waals surface area contributed by atoms with Crippen molar-refractivity contribution in [2.24, 2.45) is 0 Å². The first-order chi connectivity index (χ1) is 9.72. The minimum absolute atomic E-state index is 0.0507. The van der Waals surface area contributed by atoms with Crippen molar-refractivity contribution in [1.29, 1.82) is 0 Å². The maximum absolute atomic E-state index is 12.0. The fourth-order valence-corrected chi connectivity index (χ4v) is 2.33. The van der Waals surface area contributed by atoms with Crippen LogP contribution in [-0.4, -0.2) is 49.1 Å². The Kier molecular flexibility index (Phi) is 5.12. The maximum Gasteiger partial charge on any atom is 0.243 e. The van der Waals surface area contributed by atoms with Crippen molar-refractivity contribution in [1.82, 2.24) is 10.2 Å².